The summed E-state index contributed by atoms with van der Waals surface area (Å²) in [5, 5.41) is 8.83. The van der Waals surface area contributed by atoms with Crippen LogP contribution in [0.25, 0.3) is 11.1 Å². The molecule has 0 saturated heterocycles. The number of benzene rings is 2. The van der Waals surface area contributed by atoms with Gasteiger partial charge in [-0.1, -0.05) is 18.2 Å². The Bertz CT molecular complexity index is 564. The number of carbonyl (C=O) groups is 1. The van der Waals surface area contributed by atoms with Crippen molar-refractivity contribution in [1.29, 1.82) is 0 Å². The molecule has 3 N–H and O–H groups in total. The molecule has 0 saturated carbocycles. The Balaban J connectivity index is 2.44. The van der Waals surface area contributed by atoms with Gasteiger partial charge in [0.1, 0.15) is 5.82 Å². The summed E-state index contributed by atoms with van der Waals surface area (Å²) >= 11 is 0. The molecule has 2 aromatic carbocycles. The van der Waals surface area contributed by atoms with Crippen LogP contribution in [0.4, 0.5) is 10.1 Å². The number of aromatic carboxylic acids is 1. The zero-order chi connectivity index (χ0) is 12.4. The van der Waals surface area contributed by atoms with Gasteiger partial charge < -0.3 is 10.8 Å². The van der Waals surface area contributed by atoms with Gasteiger partial charge in [0.25, 0.3) is 0 Å². The van der Waals surface area contributed by atoms with Gasteiger partial charge in [-0.3, -0.25) is 0 Å². The van der Waals surface area contributed by atoms with Crippen LogP contribution in [-0.4, -0.2) is 11.1 Å². The van der Waals surface area contributed by atoms with Crippen molar-refractivity contribution in [3.8, 4) is 11.1 Å². The lowest BCUT2D eigenvalue weighted by molar-refractivity contribution is 0.0698. The lowest BCUT2D eigenvalue weighted by atomic mass is 10.0. The van der Waals surface area contributed by atoms with Gasteiger partial charge in [-0.05, 0) is 35.4 Å². The van der Waals surface area contributed by atoms with Gasteiger partial charge >= 0.3 is 5.97 Å². The number of nitrogen functional groups attached to an aromatic ring is 1. The first-order chi connectivity index (χ1) is 8.08. The van der Waals surface area contributed by atoms with Gasteiger partial charge in [0.05, 0.1) is 5.56 Å². The number of hydrogen-bond donors (Lipinski definition) is 2. The van der Waals surface area contributed by atoms with E-state index in [4.69, 9.17) is 10.8 Å². The predicted octanol–water partition coefficient (Wildman–Crippen LogP) is 2.77. The normalized spacial score (nSPS) is 10.2. The van der Waals surface area contributed by atoms with Gasteiger partial charge in [0, 0.05) is 5.69 Å². The van der Waals surface area contributed by atoms with Gasteiger partial charge in [0.2, 0.25) is 0 Å². The molecule has 0 bridgehead atoms. The molecular formula is C13H10FNO2. The highest BCUT2D eigenvalue weighted by Gasteiger charge is 2.08. The number of carboxylic acid groups (broad SMARTS) is 1. The van der Waals surface area contributed by atoms with Gasteiger partial charge in [-0.15, -0.1) is 0 Å². The van der Waals surface area contributed by atoms with E-state index >= 15 is 0 Å². The molecule has 86 valence electrons. The third-order valence-electron chi connectivity index (χ3n) is 2.46. The van der Waals surface area contributed by atoms with Crippen LogP contribution >= 0.6 is 0 Å². The van der Waals surface area contributed by atoms with E-state index in [0.29, 0.717) is 0 Å². The highest BCUT2D eigenvalue weighted by molar-refractivity contribution is 5.94. The van der Waals surface area contributed by atoms with E-state index in [1.807, 2.05) is 0 Å². The maximum Gasteiger partial charge on any atom is 0.337 e. The first-order valence-corrected chi connectivity index (χ1v) is 4.96. The first-order valence-electron chi connectivity index (χ1n) is 4.96. The van der Waals surface area contributed by atoms with Crippen LogP contribution in [0.15, 0.2) is 42.5 Å². The lowest BCUT2D eigenvalue weighted by Crippen LogP contribution is -2.02. The topological polar surface area (TPSA) is 63.3 Å². The SMILES string of the molecule is Nc1cc(-c2ccc(F)cc2)ccc1C(=O)O. The van der Waals surface area contributed by atoms with E-state index in [9.17, 15) is 9.18 Å². The predicted molar refractivity (Wildman–Crippen MR) is 63.2 cm³/mol. The van der Waals surface area contributed by atoms with Gasteiger partial charge in [-0.2, -0.15) is 0 Å². The maximum absolute atomic E-state index is 12.7. The number of anilines is 1. The number of hydrogen-bond acceptors (Lipinski definition) is 2. The monoisotopic (exact) mass is 231 g/mol. The molecule has 0 aliphatic heterocycles. The summed E-state index contributed by atoms with van der Waals surface area (Å²) in [6, 6.07) is 10.6. The summed E-state index contributed by atoms with van der Waals surface area (Å²) in [4.78, 5) is 10.8. The Labute approximate surface area is 97.3 Å². The fourth-order valence-corrected chi connectivity index (χ4v) is 1.58. The fraction of sp³-hybridized carbons (Fsp3) is 0. The average molecular weight is 231 g/mol. The zero-order valence-corrected chi connectivity index (χ0v) is 8.85. The minimum Gasteiger partial charge on any atom is -0.478 e. The van der Waals surface area contributed by atoms with Crippen molar-refractivity contribution in [2.75, 3.05) is 5.73 Å². The first kappa shape index (κ1) is 11.1. The molecular weight excluding hydrogens is 221 g/mol. The molecule has 0 aliphatic rings. The van der Waals surface area contributed by atoms with Gasteiger partial charge in [0.15, 0.2) is 0 Å². The van der Waals surface area contributed by atoms with Gasteiger partial charge in [-0.25, -0.2) is 9.18 Å². The van der Waals surface area contributed by atoms with Crippen LogP contribution in [0.2, 0.25) is 0 Å². The molecule has 0 radical (unpaired) electrons. The quantitative estimate of drug-likeness (QED) is 0.781. The highest BCUT2D eigenvalue weighted by atomic mass is 19.1. The Hall–Kier alpha value is -2.36. The van der Waals surface area contributed by atoms with Crippen LogP contribution < -0.4 is 5.73 Å². The molecule has 0 spiro atoms. The zero-order valence-electron chi connectivity index (χ0n) is 8.85. The highest BCUT2D eigenvalue weighted by Crippen LogP contribution is 2.24. The van der Waals surface area contributed by atoms with Crippen LogP contribution in [0.5, 0.6) is 0 Å². The minimum absolute atomic E-state index is 0.0656. The molecule has 2 rings (SSSR count). The lowest BCUT2D eigenvalue weighted by Gasteiger charge is -2.05. The molecule has 0 aromatic heterocycles. The van der Waals surface area contributed by atoms with Crippen LogP contribution in [0, 0.1) is 5.82 Å². The fourth-order valence-electron chi connectivity index (χ4n) is 1.58. The third kappa shape index (κ3) is 2.25. The standard InChI is InChI=1S/C13H10FNO2/c14-10-4-1-8(2-5-10)9-3-6-11(13(16)17)12(15)7-9/h1-7H,15H2,(H,16,17). The summed E-state index contributed by atoms with van der Waals surface area (Å²) in [7, 11) is 0. The summed E-state index contributed by atoms with van der Waals surface area (Å²) in [5.41, 5.74) is 7.44. The number of rotatable bonds is 2. The molecule has 17 heavy (non-hydrogen) atoms. The Morgan fingerprint density at radius 1 is 1.06 bits per heavy atom. The molecule has 4 heteroatoms. The Morgan fingerprint density at radius 2 is 1.65 bits per heavy atom. The van der Waals surface area contributed by atoms with Crippen LogP contribution in [0.3, 0.4) is 0 Å². The molecule has 3 nitrogen and oxygen atoms in total. The molecule has 0 unspecified atom stereocenters. The largest absolute Gasteiger partial charge is 0.478 e. The van der Waals surface area contributed by atoms with E-state index in [0.717, 1.165) is 11.1 Å². The van der Waals surface area contributed by atoms with Crippen LogP contribution in [-0.2, 0) is 0 Å². The smallest absolute Gasteiger partial charge is 0.337 e. The summed E-state index contributed by atoms with van der Waals surface area (Å²) in [6.45, 7) is 0. The summed E-state index contributed by atoms with van der Waals surface area (Å²) in [6.07, 6.45) is 0. The second-order valence-electron chi connectivity index (χ2n) is 3.61. The van der Waals surface area contributed by atoms with Crippen LogP contribution in [0.1, 0.15) is 10.4 Å². The molecule has 0 amide bonds. The minimum atomic E-state index is -1.06. The molecule has 0 aliphatic carbocycles. The molecule has 2 aromatic rings. The van der Waals surface area contributed by atoms with Crippen molar-refractivity contribution in [3.63, 3.8) is 0 Å². The van der Waals surface area contributed by atoms with E-state index in [2.05, 4.69) is 0 Å². The average Bonchev–Trinajstić information content (AvgIpc) is 2.29. The molecule has 0 fully saturated rings. The number of carboxylic acids is 1. The van der Waals surface area contributed by atoms with E-state index < -0.39 is 5.97 Å². The Kier molecular flexibility index (Phi) is 2.78. The van der Waals surface area contributed by atoms with Crippen molar-refractivity contribution in [1.82, 2.24) is 0 Å². The summed E-state index contributed by atoms with van der Waals surface area (Å²) in [5.74, 6) is -1.38. The van der Waals surface area contributed by atoms with Crippen molar-refractivity contribution >= 4 is 11.7 Å². The maximum atomic E-state index is 12.7. The van der Waals surface area contributed by atoms with E-state index in [1.54, 1.807) is 24.3 Å². The van der Waals surface area contributed by atoms with Crippen molar-refractivity contribution in [2.45, 2.75) is 0 Å². The second kappa shape index (κ2) is 4.25. The summed E-state index contributed by atoms with van der Waals surface area (Å²) < 4.78 is 12.7. The van der Waals surface area contributed by atoms with E-state index in [-0.39, 0.29) is 17.1 Å². The second-order valence-corrected chi connectivity index (χ2v) is 3.61. The third-order valence-corrected chi connectivity index (χ3v) is 2.46. The number of halogens is 1. The Morgan fingerprint density at radius 3 is 2.18 bits per heavy atom. The van der Waals surface area contributed by atoms with Crippen molar-refractivity contribution < 1.29 is 14.3 Å². The van der Waals surface area contributed by atoms with E-state index in [1.165, 1.54) is 18.2 Å². The van der Waals surface area contributed by atoms with Crippen molar-refractivity contribution in [3.05, 3.63) is 53.8 Å². The number of nitrogens with two attached hydrogens (primary N) is 1. The molecule has 0 heterocycles. The van der Waals surface area contributed by atoms with Crippen molar-refractivity contribution in [2.24, 2.45) is 0 Å². The molecule has 0 atom stereocenters.